The Hall–Kier alpha value is -1.59. The average Bonchev–Trinajstić information content (AvgIpc) is 2.42. The van der Waals surface area contributed by atoms with Crippen molar-refractivity contribution in [3.05, 3.63) is 51.6 Å². The van der Waals surface area contributed by atoms with Crippen LogP contribution in [0, 0.1) is 0 Å². The lowest BCUT2D eigenvalue weighted by Gasteiger charge is -2.16. The van der Waals surface area contributed by atoms with E-state index in [1.54, 1.807) is 36.5 Å². The van der Waals surface area contributed by atoms with E-state index in [9.17, 15) is 4.79 Å². The maximum atomic E-state index is 12.2. The number of pyridine rings is 1. The minimum absolute atomic E-state index is 0.226. The van der Waals surface area contributed by atoms with E-state index in [4.69, 9.17) is 11.6 Å². The summed E-state index contributed by atoms with van der Waals surface area (Å²) in [5, 5.41) is 3.33. The molecule has 0 aliphatic heterocycles. The van der Waals surface area contributed by atoms with E-state index in [1.807, 2.05) is 19.0 Å². The van der Waals surface area contributed by atoms with Crippen LogP contribution in [0.1, 0.15) is 10.4 Å². The molecule has 0 saturated heterocycles. The zero-order chi connectivity index (χ0) is 14.7. The molecule has 0 aliphatic rings. The standard InChI is InChI=1S/C14H13BrClN3O/c1-19(2)13-12(4-3-7-17-13)18-14(20)9-5-6-10(15)11(16)8-9/h3-8H,1-2H3,(H,18,20). The third-order valence-electron chi connectivity index (χ3n) is 2.64. The first-order chi connectivity index (χ1) is 9.49. The lowest BCUT2D eigenvalue weighted by atomic mass is 10.2. The number of benzene rings is 1. The number of anilines is 2. The minimum Gasteiger partial charge on any atom is -0.361 e. The molecule has 4 nitrogen and oxygen atoms in total. The third kappa shape index (κ3) is 3.29. The topological polar surface area (TPSA) is 45.2 Å². The van der Waals surface area contributed by atoms with Crippen LogP contribution < -0.4 is 10.2 Å². The van der Waals surface area contributed by atoms with Gasteiger partial charge < -0.3 is 10.2 Å². The van der Waals surface area contributed by atoms with Gasteiger partial charge in [-0.1, -0.05) is 11.6 Å². The van der Waals surface area contributed by atoms with Gasteiger partial charge in [-0.05, 0) is 46.3 Å². The van der Waals surface area contributed by atoms with Crippen LogP contribution in [0.15, 0.2) is 41.0 Å². The molecule has 1 amide bonds. The van der Waals surface area contributed by atoms with Crippen molar-refractivity contribution in [2.75, 3.05) is 24.3 Å². The number of aromatic nitrogens is 1. The number of carbonyl (C=O) groups is 1. The molecule has 1 aromatic heterocycles. The number of hydrogen-bond donors (Lipinski definition) is 1. The smallest absolute Gasteiger partial charge is 0.255 e. The van der Waals surface area contributed by atoms with Crippen molar-refractivity contribution in [2.45, 2.75) is 0 Å². The van der Waals surface area contributed by atoms with Crippen LogP contribution in [0.2, 0.25) is 5.02 Å². The zero-order valence-corrected chi connectivity index (χ0v) is 13.4. The molecule has 1 heterocycles. The summed E-state index contributed by atoms with van der Waals surface area (Å²) in [4.78, 5) is 18.3. The normalized spacial score (nSPS) is 10.2. The summed E-state index contributed by atoms with van der Waals surface area (Å²) in [5.41, 5.74) is 1.15. The Kier molecular flexibility index (Phi) is 4.62. The molecule has 104 valence electrons. The van der Waals surface area contributed by atoms with Gasteiger partial charge in [0.2, 0.25) is 0 Å². The summed E-state index contributed by atoms with van der Waals surface area (Å²) >= 11 is 9.29. The van der Waals surface area contributed by atoms with Crippen LogP contribution in [0.25, 0.3) is 0 Å². The molecule has 20 heavy (non-hydrogen) atoms. The Bertz CT molecular complexity index is 646. The van der Waals surface area contributed by atoms with Crippen LogP contribution in [-0.2, 0) is 0 Å². The van der Waals surface area contributed by atoms with Crippen molar-refractivity contribution in [1.29, 1.82) is 0 Å². The predicted octanol–water partition coefficient (Wildman–Crippen LogP) is 3.82. The van der Waals surface area contributed by atoms with Crippen LogP contribution in [0.4, 0.5) is 11.5 Å². The molecule has 0 spiro atoms. The molecule has 1 aromatic carbocycles. The highest BCUT2D eigenvalue weighted by molar-refractivity contribution is 9.10. The van der Waals surface area contributed by atoms with Crippen molar-refractivity contribution in [3.8, 4) is 0 Å². The van der Waals surface area contributed by atoms with E-state index in [0.717, 1.165) is 4.47 Å². The van der Waals surface area contributed by atoms with Gasteiger partial charge in [-0.15, -0.1) is 0 Å². The molecule has 0 aliphatic carbocycles. The summed E-state index contributed by atoms with van der Waals surface area (Å²) < 4.78 is 0.756. The molecule has 0 fully saturated rings. The molecule has 0 saturated carbocycles. The maximum Gasteiger partial charge on any atom is 0.255 e. The molecule has 2 rings (SSSR count). The van der Waals surface area contributed by atoms with E-state index in [0.29, 0.717) is 22.1 Å². The van der Waals surface area contributed by atoms with E-state index in [1.165, 1.54) is 0 Å². The number of halogens is 2. The second-order valence-electron chi connectivity index (χ2n) is 4.35. The quantitative estimate of drug-likeness (QED) is 0.911. The fraction of sp³-hybridized carbons (Fsp3) is 0.143. The largest absolute Gasteiger partial charge is 0.361 e. The Morgan fingerprint density at radius 1 is 1.35 bits per heavy atom. The van der Waals surface area contributed by atoms with Crippen molar-refractivity contribution >= 4 is 44.9 Å². The summed E-state index contributed by atoms with van der Waals surface area (Å²) in [6, 6.07) is 8.65. The van der Waals surface area contributed by atoms with Crippen LogP contribution in [0.5, 0.6) is 0 Å². The maximum absolute atomic E-state index is 12.2. The summed E-state index contributed by atoms with van der Waals surface area (Å²) in [5.74, 6) is 0.472. The van der Waals surface area contributed by atoms with Crippen molar-refractivity contribution in [3.63, 3.8) is 0 Å². The Morgan fingerprint density at radius 2 is 2.10 bits per heavy atom. The van der Waals surface area contributed by atoms with E-state index in [-0.39, 0.29) is 5.91 Å². The molecule has 0 unspecified atom stereocenters. The zero-order valence-electron chi connectivity index (χ0n) is 11.0. The van der Waals surface area contributed by atoms with Gasteiger partial charge >= 0.3 is 0 Å². The fourth-order valence-corrected chi connectivity index (χ4v) is 2.11. The van der Waals surface area contributed by atoms with Crippen molar-refractivity contribution < 1.29 is 4.79 Å². The van der Waals surface area contributed by atoms with Gasteiger partial charge in [-0.25, -0.2) is 4.98 Å². The Morgan fingerprint density at radius 3 is 2.75 bits per heavy atom. The Balaban J connectivity index is 2.26. The molecule has 0 atom stereocenters. The monoisotopic (exact) mass is 353 g/mol. The number of amides is 1. The number of nitrogens with zero attached hydrogens (tertiary/aromatic N) is 2. The average molecular weight is 355 g/mol. The predicted molar refractivity (Wildman–Crippen MR) is 85.7 cm³/mol. The lowest BCUT2D eigenvalue weighted by Crippen LogP contribution is -2.17. The summed E-state index contributed by atoms with van der Waals surface area (Å²) in [7, 11) is 3.74. The van der Waals surface area contributed by atoms with Gasteiger partial charge in [0.05, 0.1) is 10.7 Å². The number of rotatable bonds is 3. The SMILES string of the molecule is CN(C)c1ncccc1NC(=O)c1ccc(Br)c(Cl)c1. The lowest BCUT2D eigenvalue weighted by molar-refractivity contribution is 0.102. The molecule has 0 radical (unpaired) electrons. The minimum atomic E-state index is -0.226. The summed E-state index contributed by atoms with van der Waals surface area (Å²) in [6.07, 6.45) is 1.68. The number of nitrogens with one attached hydrogen (secondary N) is 1. The first kappa shape index (κ1) is 14.8. The summed E-state index contributed by atoms with van der Waals surface area (Å²) in [6.45, 7) is 0. The molecule has 2 aromatic rings. The van der Waals surface area contributed by atoms with Crippen LogP contribution in [-0.4, -0.2) is 25.0 Å². The number of carbonyl (C=O) groups excluding carboxylic acids is 1. The molecular weight excluding hydrogens is 342 g/mol. The van der Waals surface area contributed by atoms with Gasteiger partial charge in [0, 0.05) is 30.3 Å². The highest BCUT2D eigenvalue weighted by atomic mass is 79.9. The van der Waals surface area contributed by atoms with Crippen molar-refractivity contribution in [2.24, 2.45) is 0 Å². The van der Waals surface area contributed by atoms with E-state index < -0.39 is 0 Å². The second kappa shape index (κ2) is 6.24. The van der Waals surface area contributed by atoms with Gasteiger partial charge in [-0.2, -0.15) is 0 Å². The number of hydrogen-bond acceptors (Lipinski definition) is 3. The van der Waals surface area contributed by atoms with Crippen molar-refractivity contribution in [1.82, 2.24) is 4.98 Å². The van der Waals surface area contributed by atoms with E-state index in [2.05, 4.69) is 26.2 Å². The first-order valence-electron chi connectivity index (χ1n) is 5.88. The van der Waals surface area contributed by atoms with Crippen LogP contribution in [0.3, 0.4) is 0 Å². The molecular formula is C14H13BrClN3O. The van der Waals surface area contributed by atoms with Gasteiger partial charge in [0.1, 0.15) is 0 Å². The Labute approximate surface area is 130 Å². The van der Waals surface area contributed by atoms with Gasteiger partial charge in [0.15, 0.2) is 5.82 Å². The molecule has 6 heteroatoms. The van der Waals surface area contributed by atoms with Gasteiger partial charge in [-0.3, -0.25) is 4.79 Å². The van der Waals surface area contributed by atoms with Crippen LogP contribution >= 0.6 is 27.5 Å². The second-order valence-corrected chi connectivity index (χ2v) is 5.61. The molecule has 1 N–H and O–H groups in total. The van der Waals surface area contributed by atoms with E-state index >= 15 is 0 Å². The highest BCUT2D eigenvalue weighted by Crippen LogP contribution is 2.25. The first-order valence-corrected chi connectivity index (χ1v) is 7.05. The fourth-order valence-electron chi connectivity index (χ4n) is 1.68. The highest BCUT2D eigenvalue weighted by Gasteiger charge is 2.12. The third-order valence-corrected chi connectivity index (χ3v) is 3.87. The molecule has 0 bridgehead atoms. The van der Waals surface area contributed by atoms with Gasteiger partial charge in [0.25, 0.3) is 5.91 Å².